The number of carbonyl (C=O) groups excluding carboxylic acids is 2. The highest BCUT2D eigenvalue weighted by atomic mass is 31.2. The Morgan fingerprint density at radius 1 is 0.353 bits per heavy atom. The molecular formula is C75H130NO8P. The molecule has 0 fully saturated rings. The number of nitrogens with two attached hydrogens (primary N) is 1. The van der Waals surface area contributed by atoms with Gasteiger partial charge in [0, 0.05) is 19.4 Å². The third kappa shape index (κ3) is 69.4. The fourth-order valence-electron chi connectivity index (χ4n) is 9.75. The first kappa shape index (κ1) is 81.4. The van der Waals surface area contributed by atoms with Gasteiger partial charge in [0.15, 0.2) is 6.10 Å². The van der Waals surface area contributed by atoms with Gasteiger partial charge in [-0.25, -0.2) is 4.57 Å². The minimum Gasteiger partial charge on any atom is -0.462 e. The minimum absolute atomic E-state index is 0.0504. The number of esters is 2. The Bertz CT molecular complexity index is 1810. The number of phosphoric acid groups is 1. The fraction of sp³-hybridized carbons (Fsp3) is 0.707. The van der Waals surface area contributed by atoms with E-state index in [1.807, 2.05) is 0 Å². The number of rotatable bonds is 65. The lowest BCUT2D eigenvalue weighted by atomic mass is 10.0. The van der Waals surface area contributed by atoms with Gasteiger partial charge in [-0.15, -0.1) is 0 Å². The van der Waals surface area contributed by atoms with Gasteiger partial charge in [-0.1, -0.05) is 315 Å². The van der Waals surface area contributed by atoms with E-state index in [1.54, 1.807) is 0 Å². The lowest BCUT2D eigenvalue weighted by Gasteiger charge is -2.19. The van der Waals surface area contributed by atoms with E-state index in [4.69, 9.17) is 24.3 Å². The second kappa shape index (κ2) is 69.5. The van der Waals surface area contributed by atoms with Crippen molar-refractivity contribution in [1.82, 2.24) is 0 Å². The largest absolute Gasteiger partial charge is 0.472 e. The Labute approximate surface area is 523 Å². The predicted molar refractivity (Wildman–Crippen MR) is 367 cm³/mol. The lowest BCUT2D eigenvalue weighted by molar-refractivity contribution is -0.161. The molecule has 0 aromatic rings. The van der Waals surface area contributed by atoms with Crippen molar-refractivity contribution in [3.63, 3.8) is 0 Å². The van der Waals surface area contributed by atoms with Crippen molar-refractivity contribution in [3.8, 4) is 0 Å². The van der Waals surface area contributed by atoms with Crippen LogP contribution in [0.2, 0.25) is 0 Å². The monoisotopic (exact) mass is 1200 g/mol. The summed E-state index contributed by atoms with van der Waals surface area (Å²) in [5.74, 6) is -0.821. The second-order valence-electron chi connectivity index (χ2n) is 23.0. The van der Waals surface area contributed by atoms with Crippen LogP contribution in [-0.4, -0.2) is 49.3 Å². The zero-order chi connectivity index (χ0) is 61.6. The molecule has 0 amide bonds. The Balaban J connectivity index is 3.87. The van der Waals surface area contributed by atoms with Crippen molar-refractivity contribution in [3.05, 3.63) is 122 Å². The predicted octanol–water partition coefficient (Wildman–Crippen LogP) is 23.1. The van der Waals surface area contributed by atoms with Crippen molar-refractivity contribution in [2.45, 2.75) is 315 Å². The molecule has 0 radical (unpaired) electrons. The quantitative estimate of drug-likeness (QED) is 0.0264. The van der Waals surface area contributed by atoms with Crippen LogP contribution in [0.4, 0.5) is 0 Å². The van der Waals surface area contributed by atoms with Crippen LogP contribution in [0.5, 0.6) is 0 Å². The molecule has 0 aliphatic heterocycles. The third-order valence-corrected chi connectivity index (χ3v) is 15.8. The summed E-state index contributed by atoms with van der Waals surface area (Å²) < 4.78 is 33.2. The summed E-state index contributed by atoms with van der Waals surface area (Å²) in [6.07, 6.45) is 97.2. The zero-order valence-electron chi connectivity index (χ0n) is 54.8. The maximum absolute atomic E-state index is 12.8. The van der Waals surface area contributed by atoms with Crippen LogP contribution < -0.4 is 5.73 Å². The summed E-state index contributed by atoms with van der Waals surface area (Å²) in [6.45, 7) is 3.55. The Hall–Kier alpha value is -3.59. The van der Waals surface area contributed by atoms with Crippen LogP contribution in [0, 0.1) is 0 Å². The Morgan fingerprint density at radius 2 is 0.612 bits per heavy atom. The zero-order valence-corrected chi connectivity index (χ0v) is 55.7. The van der Waals surface area contributed by atoms with E-state index in [1.165, 1.54) is 173 Å². The molecule has 0 saturated carbocycles. The average Bonchev–Trinajstić information content (AvgIpc) is 3.52. The number of unbranched alkanes of at least 4 members (excludes halogenated alkanes) is 32. The van der Waals surface area contributed by atoms with Crippen LogP contribution in [0.15, 0.2) is 122 Å². The summed E-state index contributed by atoms with van der Waals surface area (Å²) >= 11 is 0. The van der Waals surface area contributed by atoms with E-state index in [9.17, 15) is 19.0 Å². The normalized spacial score (nSPS) is 13.7. The van der Waals surface area contributed by atoms with Gasteiger partial charge in [-0.3, -0.25) is 18.6 Å². The van der Waals surface area contributed by atoms with Crippen molar-refractivity contribution in [1.29, 1.82) is 0 Å². The van der Waals surface area contributed by atoms with E-state index in [0.717, 1.165) is 103 Å². The van der Waals surface area contributed by atoms with Gasteiger partial charge in [0.25, 0.3) is 0 Å². The molecule has 3 N–H and O–H groups in total. The molecule has 2 unspecified atom stereocenters. The van der Waals surface area contributed by atoms with E-state index < -0.39 is 26.5 Å². The summed E-state index contributed by atoms with van der Waals surface area (Å²) in [4.78, 5) is 35.4. The highest BCUT2D eigenvalue weighted by Crippen LogP contribution is 2.43. The Morgan fingerprint density at radius 3 is 0.906 bits per heavy atom. The average molecular weight is 1200 g/mol. The summed E-state index contributed by atoms with van der Waals surface area (Å²) in [5.41, 5.74) is 5.40. The van der Waals surface area contributed by atoms with Crippen LogP contribution in [0.25, 0.3) is 0 Å². The molecule has 0 aromatic carbocycles. The van der Waals surface area contributed by atoms with Crippen molar-refractivity contribution < 1.29 is 37.6 Å². The first-order valence-electron chi connectivity index (χ1n) is 35.0. The van der Waals surface area contributed by atoms with Crippen LogP contribution >= 0.6 is 7.82 Å². The summed E-state index contributed by atoms with van der Waals surface area (Å²) in [7, 11) is -4.40. The van der Waals surface area contributed by atoms with Gasteiger partial charge in [0.05, 0.1) is 13.2 Å². The molecule has 0 aliphatic carbocycles. The van der Waals surface area contributed by atoms with Crippen LogP contribution in [-0.2, 0) is 32.7 Å². The topological polar surface area (TPSA) is 134 Å². The molecule has 0 spiro atoms. The van der Waals surface area contributed by atoms with Gasteiger partial charge >= 0.3 is 19.8 Å². The fourth-order valence-corrected chi connectivity index (χ4v) is 10.5. The molecule has 0 aliphatic rings. The van der Waals surface area contributed by atoms with E-state index >= 15 is 0 Å². The van der Waals surface area contributed by atoms with E-state index in [-0.39, 0.29) is 38.6 Å². The van der Waals surface area contributed by atoms with E-state index in [2.05, 4.69) is 135 Å². The van der Waals surface area contributed by atoms with Gasteiger partial charge in [-0.2, -0.15) is 0 Å². The molecule has 0 bridgehead atoms. The second-order valence-corrected chi connectivity index (χ2v) is 24.4. The highest BCUT2D eigenvalue weighted by Gasteiger charge is 2.26. The maximum atomic E-state index is 12.8. The van der Waals surface area contributed by atoms with Crippen molar-refractivity contribution in [2.24, 2.45) is 5.73 Å². The molecule has 10 heteroatoms. The molecule has 0 saturated heterocycles. The molecule has 0 aromatic heterocycles. The first-order valence-corrected chi connectivity index (χ1v) is 36.5. The maximum Gasteiger partial charge on any atom is 0.472 e. The van der Waals surface area contributed by atoms with Crippen LogP contribution in [0.1, 0.15) is 309 Å². The molecular weight excluding hydrogens is 1070 g/mol. The van der Waals surface area contributed by atoms with Crippen molar-refractivity contribution >= 4 is 19.8 Å². The number of allylic oxidation sites excluding steroid dienone is 20. The molecule has 488 valence electrons. The van der Waals surface area contributed by atoms with Gasteiger partial charge in [-0.05, 0) is 103 Å². The van der Waals surface area contributed by atoms with Gasteiger partial charge in [0.1, 0.15) is 6.61 Å². The molecule has 85 heavy (non-hydrogen) atoms. The van der Waals surface area contributed by atoms with E-state index in [0.29, 0.717) is 6.42 Å². The SMILES string of the molecule is CC/C=C\C/C=C\C/C=C\C/C=C\C/C=C\C/C=C\CCCCCCCCCCCCCCCCCCC(=O)OC(COC(=O)CCCCCCCCCCCCCCCCCC/C=C\C/C=C\C/C=C\C/C=C\CC)COP(=O)(O)OCCN. The number of carbonyl (C=O) groups is 2. The van der Waals surface area contributed by atoms with Gasteiger partial charge < -0.3 is 20.1 Å². The summed E-state index contributed by atoms with van der Waals surface area (Å²) in [6, 6.07) is 0. The molecule has 0 rings (SSSR count). The third-order valence-electron chi connectivity index (χ3n) is 14.8. The number of hydrogen-bond acceptors (Lipinski definition) is 8. The van der Waals surface area contributed by atoms with Crippen molar-refractivity contribution in [2.75, 3.05) is 26.4 Å². The molecule has 2 atom stereocenters. The first-order chi connectivity index (χ1) is 41.8. The number of ether oxygens (including phenoxy) is 2. The summed E-state index contributed by atoms with van der Waals surface area (Å²) in [5, 5.41) is 0. The number of hydrogen-bond donors (Lipinski definition) is 2. The standard InChI is InChI=1S/C75H130NO8P/c1-3-5-7-9-11-13-15-17-19-21-23-25-27-29-31-33-34-35-36-37-38-40-42-44-46-48-50-52-54-56-58-60-62-64-66-68-75(78)84-73(72-83-85(79,80)82-70-69-76)71-81-74(77)67-65-63-61-59-57-55-53-51-49-47-45-43-41-39-32-30-28-26-24-22-20-18-16-14-12-10-8-6-4-2/h5-8,11-14,17-20,23-26,29,31,34-35,73H,3-4,9-10,15-16,21-22,27-28,30,32-33,36-72,76H2,1-2H3,(H,79,80)/b7-5-,8-6-,13-11-,14-12-,19-17-,20-18-,25-23-,26-24-,31-29-,35-34-. The Kier molecular flexibility index (Phi) is 66.6. The molecule has 0 heterocycles. The minimum atomic E-state index is -4.40. The highest BCUT2D eigenvalue weighted by molar-refractivity contribution is 7.47. The smallest absolute Gasteiger partial charge is 0.462 e. The van der Waals surface area contributed by atoms with Gasteiger partial charge in [0.2, 0.25) is 0 Å². The lowest BCUT2D eigenvalue weighted by Crippen LogP contribution is -2.29. The number of phosphoric ester groups is 1. The van der Waals surface area contributed by atoms with Crippen LogP contribution in [0.3, 0.4) is 0 Å². The molecule has 9 nitrogen and oxygen atoms in total.